The molecule has 0 aliphatic rings. The van der Waals surface area contributed by atoms with Crippen LogP contribution in [0.15, 0.2) is 82.1 Å². The quantitative estimate of drug-likeness (QED) is 0.347. The number of amides is 1. The van der Waals surface area contributed by atoms with Crippen molar-refractivity contribution in [3.63, 3.8) is 0 Å². The molecule has 0 saturated carbocycles. The summed E-state index contributed by atoms with van der Waals surface area (Å²) in [5, 5.41) is 2.71. The Morgan fingerprint density at radius 2 is 1.77 bits per heavy atom. The van der Waals surface area contributed by atoms with Gasteiger partial charge < -0.3 is 9.73 Å². The van der Waals surface area contributed by atoms with Crippen molar-refractivity contribution in [2.24, 2.45) is 0 Å². The maximum Gasteiger partial charge on any atom is 0.255 e. The average molecular weight is 433 g/mol. The van der Waals surface area contributed by atoms with Gasteiger partial charge in [-0.25, -0.2) is 9.37 Å². The average Bonchev–Trinajstić information content (AvgIpc) is 3.16. The minimum atomic E-state index is -0.353. The van der Waals surface area contributed by atoms with Gasteiger partial charge in [0.15, 0.2) is 0 Å². The second-order valence-electron chi connectivity index (χ2n) is 7.12. The lowest BCUT2D eigenvalue weighted by Gasteiger charge is -2.07. The third kappa shape index (κ3) is 5.03. The Hall–Kier alpha value is -3.38. The van der Waals surface area contributed by atoms with Crippen molar-refractivity contribution in [2.75, 3.05) is 5.32 Å². The number of thioether (sulfide) groups is 1. The van der Waals surface area contributed by atoms with E-state index in [1.165, 1.54) is 11.0 Å². The van der Waals surface area contributed by atoms with E-state index in [1.54, 1.807) is 55.1 Å². The molecule has 0 spiro atoms. The first-order valence-electron chi connectivity index (χ1n) is 9.82. The molecule has 4 nitrogen and oxygen atoms in total. The SMILES string of the molecule is Cc1ccc(NC(=O)c2ccc(-c3nc(CSc4ccccc4)c(C)o3)cc2)cc1F. The van der Waals surface area contributed by atoms with Crippen LogP contribution in [0.2, 0.25) is 0 Å². The van der Waals surface area contributed by atoms with Crippen molar-refractivity contribution < 1.29 is 13.6 Å². The molecule has 31 heavy (non-hydrogen) atoms. The molecule has 0 aliphatic carbocycles. The van der Waals surface area contributed by atoms with E-state index in [1.807, 2.05) is 25.1 Å². The van der Waals surface area contributed by atoms with Crippen LogP contribution in [-0.4, -0.2) is 10.9 Å². The van der Waals surface area contributed by atoms with Crippen molar-refractivity contribution in [1.82, 2.24) is 4.98 Å². The molecule has 1 aromatic heterocycles. The number of hydrogen-bond acceptors (Lipinski definition) is 4. The Morgan fingerprint density at radius 3 is 2.48 bits per heavy atom. The second kappa shape index (κ2) is 9.18. The Balaban J connectivity index is 1.44. The van der Waals surface area contributed by atoms with E-state index >= 15 is 0 Å². The highest BCUT2D eigenvalue weighted by atomic mass is 32.2. The molecule has 1 N–H and O–H groups in total. The fourth-order valence-electron chi connectivity index (χ4n) is 2.99. The van der Waals surface area contributed by atoms with Crippen molar-refractivity contribution in [3.05, 3.63) is 101 Å². The number of aryl methyl sites for hydroxylation is 2. The lowest BCUT2D eigenvalue weighted by atomic mass is 10.1. The number of rotatable bonds is 6. The van der Waals surface area contributed by atoms with Crippen molar-refractivity contribution in [3.8, 4) is 11.5 Å². The summed E-state index contributed by atoms with van der Waals surface area (Å²) in [5.74, 6) is 1.36. The molecule has 0 radical (unpaired) electrons. The third-order valence-corrected chi connectivity index (χ3v) is 5.86. The molecule has 3 aromatic carbocycles. The highest BCUT2D eigenvalue weighted by Gasteiger charge is 2.13. The molecule has 0 unspecified atom stereocenters. The zero-order chi connectivity index (χ0) is 21.8. The van der Waals surface area contributed by atoms with Crippen molar-refractivity contribution >= 4 is 23.4 Å². The predicted octanol–water partition coefficient (Wildman–Crippen LogP) is 6.64. The van der Waals surface area contributed by atoms with E-state index in [4.69, 9.17) is 4.42 Å². The van der Waals surface area contributed by atoms with Gasteiger partial charge in [-0.05, 0) is 67.9 Å². The van der Waals surface area contributed by atoms with Gasteiger partial charge >= 0.3 is 0 Å². The third-order valence-electron chi connectivity index (χ3n) is 4.84. The summed E-state index contributed by atoms with van der Waals surface area (Å²) in [6.07, 6.45) is 0. The van der Waals surface area contributed by atoms with Gasteiger partial charge in [0.05, 0.1) is 5.69 Å². The molecule has 6 heteroatoms. The van der Waals surface area contributed by atoms with Gasteiger partial charge in [0, 0.05) is 27.5 Å². The predicted molar refractivity (Wildman–Crippen MR) is 122 cm³/mol. The minimum absolute atomic E-state index is 0.307. The molecular formula is C25H21FN2O2S. The van der Waals surface area contributed by atoms with Crippen LogP contribution in [0.25, 0.3) is 11.5 Å². The lowest BCUT2D eigenvalue weighted by Crippen LogP contribution is -2.12. The lowest BCUT2D eigenvalue weighted by molar-refractivity contribution is 0.102. The number of aromatic nitrogens is 1. The van der Waals surface area contributed by atoms with Gasteiger partial charge in [-0.15, -0.1) is 11.8 Å². The number of carbonyl (C=O) groups is 1. The summed E-state index contributed by atoms with van der Waals surface area (Å²) in [4.78, 5) is 18.3. The minimum Gasteiger partial charge on any atom is -0.441 e. The first-order chi connectivity index (χ1) is 15.0. The van der Waals surface area contributed by atoms with E-state index in [0.29, 0.717) is 28.5 Å². The number of hydrogen-bond donors (Lipinski definition) is 1. The first kappa shape index (κ1) is 20.9. The van der Waals surface area contributed by atoms with Crippen LogP contribution < -0.4 is 5.32 Å². The number of nitrogens with one attached hydrogen (secondary N) is 1. The fraction of sp³-hybridized carbons (Fsp3) is 0.120. The summed E-state index contributed by atoms with van der Waals surface area (Å²) >= 11 is 1.70. The van der Waals surface area contributed by atoms with Gasteiger partial charge in [0.2, 0.25) is 5.89 Å². The molecule has 1 heterocycles. The fourth-order valence-corrected chi connectivity index (χ4v) is 3.91. The molecule has 4 aromatic rings. The van der Waals surface area contributed by atoms with Gasteiger partial charge in [-0.2, -0.15) is 0 Å². The monoisotopic (exact) mass is 432 g/mol. The smallest absolute Gasteiger partial charge is 0.255 e. The summed E-state index contributed by atoms with van der Waals surface area (Å²) in [5.41, 5.74) is 3.10. The molecule has 156 valence electrons. The summed E-state index contributed by atoms with van der Waals surface area (Å²) in [7, 11) is 0. The number of oxazole rings is 1. The first-order valence-corrected chi connectivity index (χ1v) is 10.8. The van der Waals surface area contributed by atoms with Crippen LogP contribution in [0.5, 0.6) is 0 Å². The van der Waals surface area contributed by atoms with Crippen LogP contribution in [0.3, 0.4) is 0 Å². The molecular weight excluding hydrogens is 411 g/mol. The molecule has 4 rings (SSSR count). The van der Waals surface area contributed by atoms with Crippen LogP contribution in [0, 0.1) is 19.7 Å². The van der Waals surface area contributed by atoms with Crippen LogP contribution in [0.1, 0.15) is 27.4 Å². The highest BCUT2D eigenvalue weighted by molar-refractivity contribution is 7.98. The maximum atomic E-state index is 13.7. The summed E-state index contributed by atoms with van der Waals surface area (Å²) in [6.45, 7) is 3.58. The topological polar surface area (TPSA) is 55.1 Å². The number of nitrogens with zero attached hydrogens (tertiary/aromatic N) is 1. The molecule has 0 bridgehead atoms. The Bertz CT molecular complexity index is 1200. The van der Waals surface area contributed by atoms with Gasteiger partial charge in [0.1, 0.15) is 11.6 Å². The standard InChI is InChI=1S/C25H21FN2O2S/c1-16-8-13-20(14-22(16)26)27-24(29)18-9-11-19(12-10-18)25-28-23(17(2)30-25)15-31-21-6-4-3-5-7-21/h3-14H,15H2,1-2H3,(H,27,29). The second-order valence-corrected chi connectivity index (χ2v) is 8.17. The van der Waals surface area contributed by atoms with Gasteiger partial charge in [-0.3, -0.25) is 4.79 Å². The van der Waals surface area contributed by atoms with Gasteiger partial charge in [-0.1, -0.05) is 24.3 Å². The van der Waals surface area contributed by atoms with E-state index in [0.717, 1.165) is 17.0 Å². The zero-order valence-electron chi connectivity index (χ0n) is 17.2. The number of halogens is 1. The Labute approximate surface area is 184 Å². The molecule has 1 amide bonds. The Morgan fingerprint density at radius 1 is 1.03 bits per heavy atom. The molecule has 0 saturated heterocycles. The van der Waals surface area contributed by atoms with E-state index in [9.17, 15) is 9.18 Å². The molecule has 0 atom stereocenters. The number of carbonyl (C=O) groups excluding carboxylic acids is 1. The summed E-state index contributed by atoms with van der Waals surface area (Å²) < 4.78 is 19.5. The molecule has 0 aliphatic heterocycles. The van der Waals surface area contributed by atoms with E-state index < -0.39 is 0 Å². The maximum absolute atomic E-state index is 13.7. The van der Waals surface area contributed by atoms with Crippen molar-refractivity contribution in [1.29, 1.82) is 0 Å². The largest absolute Gasteiger partial charge is 0.441 e. The van der Waals surface area contributed by atoms with Crippen LogP contribution >= 0.6 is 11.8 Å². The van der Waals surface area contributed by atoms with Crippen LogP contribution in [-0.2, 0) is 5.75 Å². The summed E-state index contributed by atoms with van der Waals surface area (Å²) in [6, 6.07) is 21.8. The number of anilines is 1. The zero-order valence-corrected chi connectivity index (χ0v) is 18.0. The van der Waals surface area contributed by atoms with E-state index in [2.05, 4.69) is 22.4 Å². The Kier molecular flexibility index (Phi) is 6.18. The van der Waals surface area contributed by atoms with E-state index in [-0.39, 0.29) is 11.7 Å². The van der Waals surface area contributed by atoms with Crippen LogP contribution in [0.4, 0.5) is 10.1 Å². The highest BCUT2D eigenvalue weighted by Crippen LogP contribution is 2.27. The number of benzene rings is 3. The van der Waals surface area contributed by atoms with Crippen molar-refractivity contribution in [2.45, 2.75) is 24.5 Å². The molecule has 0 fully saturated rings. The van der Waals surface area contributed by atoms with Gasteiger partial charge in [0.25, 0.3) is 5.91 Å². The normalized spacial score (nSPS) is 10.8.